The van der Waals surface area contributed by atoms with Crippen LogP contribution >= 0.6 is 11.6 Å². The predicted molar refractivity (Wildman–Crippen MR) is 89.9 cm³/mol. The molecule has 0 bridgehead atoms. The molecule has 152 valence electrons. The van der Waals surface area contributed by atoms with E-state index in [4.69, 9.17) is 16.0 Å². The van der Waals surface area contributed by atoms with Gasteiger partial charge in [-0.3, -0.25) is 9.53 Å². The molecule has 1 saturated heterocycles. The molecule has 1 aliphatic rings. The van der Waals surface area contributed by atoms with Crippen LogP contribution < -0.4 is 5.32 Å². The summed E-state index contributed by atoms with van der Waals surface area (Å²) < 4.78 is 59.6. The van der Waals surface area contributed by atoms with E-state index < -0.39 is 36.3 Å². The van der Waals surface area contributed by atoms with Gasteiger partial charge in [-0.1, -0.05) is 16.7 Å². The maximum atomic E-state index is 13.5. The average molecular weight is 423 g/mol. The summed E-state index contributed by atoms with van der Waals surface area (Å²) in [5.41, 5.74) is 0.296. The number of carbonyl (C=O) groups is 1. The molecule has 7 nitrogen and oxygen atoms in total. The standard InChI is InChI=1S/C16H15ClF4N4O3/c1-7(14(26)25-6-12(8(25)2)28-16(19,20)21)22-15-24-23-13(27-15)9-3-4-10(17)11(18)5-9/h3-5,7-8,12H,6H2,1-2H3,(H,22,24)/t7-,8+,12+/m1/s1. The topological polar surface area (TPSA) is 80.5 Å². The fourth-order valence-electron chi connectivity index (χ4n) is 2.70. The molecule has 1 N–H and O–H groups in total. The zero-order valence-corrected chi connectivity index (χ0v) is 15.4. The van der Waals surface area contributed by atoms with E-state index in [0.717, 1.165) is 6.07 Å². The third-order valence-electron chi connectivity index (χ3n) is 4.28. The number of benzene rings is 1. The summed E-state index contributed by atoms with van der Waals surface area (Å²) in [5, 5.41) is 10.1. The van der Waals surface area contributed by atoms with E-state index >= 15 is 0 Å². The number of amides is 1. The largest absolute Gasteiger partial charge is 0.522 e. The molecule has 1 aliphatic heterocycles. The van der Waals surface area contributed by atoms with Gasteiger partial charge in [-0.2, -0.15) is 0 Å². The zero-order valence-electron chi connectivity index (χ0n) is 14.6. The van der Waals surface area contributed by atoms with Crippen LogP contribution in [0.1, 0.15) is 13.8 Å². The SMILES string of the molecule is C[C@@H](Nc1nnc(-c2ccc(Cl)c(F)c2)o1)C(=O)N1C[C@H](OC(F)(F)F)[C@@H]1C. The first-order chi connectivity index (χ1) is 13.0. The lowest BCUT2D eigenvalue weighted by molar-refractivity contribution is -0.359. The summed E-state index contributed by atoms with van der Waals surface area (Å²) in [6.07, 6.45) is -5.86. The second-order valence-corrected chi connectivity index (χ2v) is 6.65. The van der Waals surface area contributed by atoms with Gasteiger partial charge in [0.2, 0.25) is 11.8 Å². The van der Waals surface area contributed by atoms with E-state index in [-0.39, 0.29) is 23.5 Å². The van der Waals surface area contributed by atoms with Crippen molar-refractivity contribution in [2.24, 2.45) is 0 Å². The molecule has 0 spiro atoms. The molecule has 3 rings (SSSR count). The van der Waals surface area contributed by atoms with Crippen LogP contribution in [0.3, 0.4) is 0 Å². The molecular weight excluding hydrogens is 408 g/mol. The third kappa shape index (κ3) is 4.36. The van der Waals surface area contributed by atoms with E-state index in [1.807, 2.05) is 0 Å². The first-order valence-corrected chi connectivity index (χ1v) is 8.53. The monoisotopic (exact) mass is 422 g/mol. The highest BCUT2D eigenvalue weighted by molar-refractivity contribution is 6.30. The van der Waals surface area contributed by atoms with Gasteiger partial charge in [0.15, 0.2) is 0 Å². The molecule has 12 heteroatoms. The maximum Gasteiger partial charge on any atom is 0.522 e. The van der Waals surface area contributed by atoms with Gasteiger partial charge < -0.3 is 14.6 Å². The van der Waals surface area contributed by atoms with Crippen LogP contribution in [0, 0.1) is 5.82 Å². The maximum absolute atomic E-state index is 13.5. The number of carbonyl (C=O) groups excluding carboxylic acids is 1. The van der Waals surface area contributed by atoms with Gasteiger partial charge in [-0.05, 0) is 32.0 Å². The number of halogens is 5. The normalized spacial score (nSPS) is 20.6. The second kappa shape index (κ2) is 7.55. The Morgan fingerprint density at radius 1 is 1.43 bits per heavy atom. The number of nitrogens with one attached hydrogen (secondary N) is 1. The van der Waals surface area contributed by atoms with Gasteiger partial charge >= 0.3 is 12.4 Å². The second-order valence-electron chi connectivity index (χ2n) is 6.24. The van der Waals surface area contributed by atoms with Crippen molar-refractivity contribution in [2.75, 3.05) is 11.9 Å². The minimum Gasteiger partial charge on any atom is -0.403 e. The van der Waals surface area contributed by atoms with Crippen LogP contribution in [-0.2, 0) is 9.53 Å². The molecule has 1 fully saturated rings. The lowest BCUT2D eigenvalue weighted by atomic mass is 10.00. The van der Waals surface area contributed by atoms with Gasteiger partial charge in [0.1, 0.15) is 18.0 Å². The number of nitrogens with zero attached hydrogens (tertiary/aromatic N) is 3. The van der Waals surface area contributed by atoms with Gasteiger partial charge in [-0.25, -0.2) is 4.39 Å². The molecule has 3 atom stereocenters. The van der Waals surface area contributed by atoms with E-state index in [0.29, 0.717) is 5.56 Å². The zero-order chi connectivity index (χ0) is 20.6. The highest BCUT2D eigenvalue weighted by atomic mass is 35.5. The highest BCUT2D eigenvalue weighted by Crippen LogP contribution is 2.29. The first kappa shape index (κ1) is 20.3. The number of hydrogen-bond donors (Lipinski definition) is 1. The molecule has 2 aromatic rings. The number of alkyl halides is 3. The smallest absolute Gasteiger partial charge is 0.403 e. The Kier molecular flexibility index (Phi) is 5.48. The van der Waals surface area contributed by atoms with E-state index in [2.05, 4.69) is 20.3 Å². The van der Waals surface area contributed by atoms with Crippen molar-refractivity contribution in [3.8, 4) is 11.5 Å². The van der Waals surface area contributed by atoms with Crippen LogP contribution in [0.4, 0.5) is 23.6 Å². The van der Waals surface area contributed by atoms with Crippen LogP contribution in [0.2, 0.25) is 5.02 Å². The Morgan fingerprint density at radius 3 is 2.75 bits per heavy atom. The lowest BCUT2D eigenvalue weighted by Gasteiger charge is -2.46. The minimum atomic E-state index is -4.75. The van der Waals surface area contributed by atoms with E-state index in [1.165, 1.54) is 30.9 Å². The summed E-state index contributed by atoms with van der Waals surface area (Å²) in [7, 11) is 0. The average Bonchev–Trinajstić information content (AvgIpc) is 3.07. The quantitative estimate of drug-likeness (QED) is 0.743. The fourth-order valence-corrected chi connectivity index (χ4v) is 2.81. The number of rotatable bonds is 5. The molecule has 28 heavy (non-hydrogen) atoms. The Balaban J connectivity index is 1.59. The fraction of sp³-hybridized carbons (Fsp3) is 0.438. The third-order valence-corrected chi connectivity index (χ3v) is 4.58. The molecule has 1 amide bonds. The summed E-state index contributed by atoms with van der Waals surface area (Å²) in [6, 6.07) is 2.28. The van der Waals surface area contributed by atoms with Crippen molar-refractivity contribution in [3.63, 3.8) is 0 Å². The molecule has 2 heterocycles. The predicted octanol–water partition coefficient (Wildman–Crippen LogP) is 3.47. The first-order valence-electron chi connectivity index (χ1n) is 8.15. The molecular formula is C16H15ClF4N4O3. The van der Waals surface area contributed by atoms with Crippen molar-refractivity contribution >= 4 is 23.5 Å². The molecule has 1 aromatic heterocycles. The Hall–Kier alpha value is -2.40. The van der Waals surface area contributed by atoms with Crippen molar-refractivity contribution in [2.45, 2.75) is 38.4 Å². The summed E-state index contributed by atoms with van der Waals surface area (Å²) in [6.45, 7) is 2.79. The number of hydrogen-bond acceptors (Lipinski definition) is 6. The Labute approximate surface area is 161 Å². The van der Waals surface area contributed by atoms with Crippen molar-refractivity contribution in [3.05, 3.63) is 29.0 Å². The molecule has 0 radical (unpaired) electrons. The molecule has 0 saturated carbocycles. The van der Waals surface area contributed by atoms with Crippen molar-refractivity contribution in [1.82, 2.24) is 15.1 Å². The number of aromatic nitrogens is 2. The summed E-state index contributed by atoms with van der Waals surface area (Å²) >= 11 is 5.62. The van der Waals surface area contributed by atoms with Crippen LogP contribution in [0.5, 0.6) is 0 Å². The van der Waals surface area contributed by atoms with Gasteiger partial charge in [0.25, 0.3) is 0 Å². The number of ether oxygens (including phenoxy) is 1. The van der Waals surface area contributed by atoms with Crippen LogP contribution in [-0.4, -0.2) is 52.1 Å². The lowest BCUT2D eigenvalue weighted by Crippen LogP contribution is -2.64. The van der Waals surface area contributed by atoms with E-state index in [9.17, 15) is 22.4 Å². The number of anilines is 1. The van der Waals surface area contributed by atoms with Gasteiger partial charge in [-0.15, -0.1) is 18.3 Å². The van der Waals surface area contributed by atoms with Crippen molar-refractivity contribution in [1.29, 1.82) is 0 Å². The van der Waals surface area contributed by atoms with Crippen LogP contribution in [0.25, 0.3) is 11.5 Å². The van der Waals surface area contributed by atoms with Crippen molar-refractivity contribution < 1.29 is 31.5 Å². The van der Waals surface area contributed by atoms with Crippen LogP contribution in [0.15, 0.2) is 22.6 Å². The van der Waals surface area contributed by atoms with Gasteiger partial charge in [0, 0.05) is 12.1 Å². The Morgan fingerprint density at radius 2 is 2.14 bits per heavy atom. The molecule has 0 unspecified atom stereocenters. The molecule has 0 aliphatic carbocycles. The minimum absolute atomic E-state index is 0.00803. The van der Waals surface area contributed by atoms with E-state index in [1.54, 1.807) is 0 Å². The molecule has 1 aromatic carbocycles. The summed E-state index contributed by atoms with van der Waals surface area (Å²) in [4.78, 5) is 13.6. The highest BCUT2D eigenvalue weighted by Gasteiger charge is 2.46. The Bertz CT molecular complexity index is 876. The number of likely N-dealkylation sites (tertiary alicyclic amines) is 1. The summed E-state index contributed by atoms with van der Waals surface area (Å²) in [5.74, 6) is -1.10. The van der Waals surface area contributed by atoms with Gasteiger partial charge in [0.05, 0.1) is 11.1 Å².